The standard InChI is InChI=1S/C21H26N4O5/c1-4-24-19(27)17(22-25(21(24)29)16-10-6-8-14(3)12-16)18(26)23-11-7-9-15(13-23)20(28)30-5-2/h6,8,10,12,15H,4-5,7,9,11,13H2,1-3H3. The number of piperidine rings is 1. The summed E-state index contributed by atoms with van der Waals surface area (Å²) in [4.78, 5) is 52.3. The minimum Gasteiger partial charge on any atom is -0.466 e. The van der Waals surface area contributed by atoms with Gasteiger partial charge in [-0.1, -0.05) is 12.1 Å². The van der Waals surface area contributed by atoms with Gasteiger partial charge in [-0.05, 0) is 51.3 Å². The van der Waals surface area contributed by atoms with Gasteiger partial charge in [0.25, 0.3) is 11.5 Å². The zero-order valence-electron chi connectivity index (χ0n) is 17.5. The molecule has 2 aromatic rings. The van der Waals surface area contributed by atoms with Crippen LogP contribution in [-0.2, 0) is 16.1 Å². The highest BCUT2D eigenvalue weighted by atomic mass is 16.5. The van der Waals surface area contributed by atoms with E-state index in [1.165, 1.54) is 4.90 Å². The monoisotopic (exact) mass is 414 g/mol. The van der Waals surface area contributed by atoms with Gasteiger partial charge in [0.1, 0.15) is 0 Å². The highest BCUT2D eigenvalue weighted by Crippen LogP contribution is 2.19. The molecule has 0 radical (unpaired) electrons. The van der Waals surface area contributed by atoms with Crippen LogP contribution in [0.3, 0.4) is 0 Å². The first-order valence-electron chi connectivity index (χ1n) is 10.1. The minimum atomic E-state index is -0.727. The van der Waals surface area contributed by atoms with Crippen LogP contribution in [0.4, 0.5) is 0 Å². The van der Waals surface area contributed by atoms with Crippen molar-refractivity contribution in [3.63, 3.8) is 0 Å². The molecule has 3 rings (SSSR count). The molecule has 0 spiro atoms. The third-order valence-electron chi connectivity index (χ3n) is 5.15. The molecule has 1 aliphatic rings. The van der Waals surface area contributed by atoms with Crippen LogP contribution >= 0.6 is 0 Å². The van der Waals surface area contributed by atoms with Gasteiger partial charge >= 0.3 is 11.7 Å². The van der Waals surface area contributed by atoms with Crippen molar-refractivity contribution in [2.45, 2.75) is 40.2 Å². The van der Waals surface area contributed by atoms with Gasteiger partial charge in [-0.3, -0.25) is 19.0 Å². The largest absolute Gasteiger partial charge is 0.466 e. The number of carbonyl (C=O) groups is 2. The molecule has 0 saturated carbocycles. The molecule has 1 aliphatic heterocycles. The molecule has 9 heteroatoms. The molecule has 0 N–H and O–H groups in total. The molecule has 9 nitrogen and oxygen atoms in total. The number of nitrogens with zero attached hydrogens (tertiary/aromatic N) is 4. The summed E-state index contributed by atoms with van der Waals surface area (Å²) in [6, 6.07) is 7.10. The lowest BCUT2D eigenvalue weighted by molar-refractivity contribution is -0.149. The predicted molar refractivity (Wildman–Crippen MR) is 110 cm³/mol. The second-order valence-corrected chi connectivity index (χ2v) is 7.27. The third-order valence-corrected chi connectivity index (χ3v) is 5.15. The van der Waals surface area contributed by atoms with Crippen molar-refractivity contribution in [3.8, 4) is 5.69 Å². The van der Waals surface area contributed by atoms with Gasteiger partial charge in [-0.25, -0.2) is 4.79 Å². The molecule has 2 heterocycles. The number of hydrogen-bond acceptors (Lipinski definition) is 6. The summed E-state index contributed by atoms with van der Waals surface area (Å²) in [5.74, 6) is -1.37. The Kier molecular flexibility index (Phi) is 6.49. The zero-order valence-corrected chi connectivity index (χ0v) is 17.5. The maximum Gasteiger partial charge on any atom is 0.352 e. The highest BCUT2D eigenvalue weighted by Gasteiger charge is 2.32. The highest BCUT2D eigenvalue weighted by molar-refractivity contribution is 5.92. The lowest BCUT2D eigenvalue weighted by atomic mass is 9.98. The van der Waals surface area contributed by atoms with E-state index in [9.17, 15) is 19.2 Å². The average Bonchev–Trinajstić information content (AvgIpc) is 2.74. The molecule has 30 heavy (non-hydrogen) atoms. The first kappa shape index (κ1) is 21.5. The number of rotatable bonds is 5. The predicted octanol–water partition coefficient (Wildman–Crippen LogP) is 1.14. The van der Waals surface area contributed by atoms with Crippen LogP contribution in [0.15, 0.2) is 33.9 Å². The molecule has 1 unspecified atom stereocenters. The van der Waals surface area contributed by atoms with Gasteiger partial charge in [0.15, 0.2) is 0 Å². The number of carbonyl (C=O) groups excluding carboxylic acids is 2. The molecule has 1 saturated heterocycles. The van der Waals surface area contributed by atoms with Gasteiger partial charge < -0.3 is 9.64 Å². The molecule has 1 aromatic carbocycles. The molecule has 1 aromatic heterocycles. The second kappa shape index (κ2) is 9.06. The third kappa shape index (κ3) is 4.19. The van der Waals surface area contributed by atoms with Gasteiger partial charge in [0.05, 0.1) is 18.2 Å². The van der Waals surface area contributed by atoms with Crippen LogP contribution in [0.2, 0.25) is 0 Å². The lowest BCUT2D eigenvalue weighted by Crippen LogP contribution is -2.49. The molecule has 0 aliphatic carbocycles. The second-order valence-electron chi connectivity index (χ2n) is 7.27. The maximum absolute atomic E-state index is 13.2. The van der Waals surface area contributed by atoms with E-state index in [4.69, 9.17) is 4.74 Å². The van der Waals surface area contributed by atoms with Crippen molar-refractivity contribution in [3.05, 3.63) is 56.4 Å². The molecule has 0 bridgehead atoms. The van der Waals surface area contributed by atoms with E-state index in [0.717, 1.165) is 14.8 Å². The van der Waals surface area contributed by atoms with Gasteiger partial charge in [-0.15, -0.1) is 0 Å². The summed E-state index contributed by atoms with van der Waals surface area (Å²) in [6.45, 7) is 6.22. The zero-order chi connectivity index (χ0) is 21.8. The summed E-state index contributed by atoms with van der Waals surface area (Å²) >= 11 is 0. The molecule has 1 fully saturated rings. The number of likely N-dealkylation sites (tertiary alicyclic amines) is 1. The van der Waals surface area contributed by atoms with Crippen molar-refractivity contribution in [1.29, 1.82) is 0 Å². The SMILES string of the molecule is CCOC(=O)C1CCCN(C(=O)c2nn(-c3cccc(C)c3)c(=O)n(CC)c2=O)C1. The van der Waals surface area contributed by atoms with Crippen molar-refractivity contribution in [2.24, 2.45) is 5.92 Å². The fraction of sp³-hybridized carbons (Fsp3) is 0.476. The Hall–Kier alpha value is -3.23. The summed E-state index contributed by atoms with van der Waals surface area (Å²) in [5.41, 5.74) is -0.277. The fourth-order valence-electron chi connectivity index (χ4n) is 3.62. The average molecular weight is 414 g/mol. The number of amides is 1. The van der Waals surface area contributed by atoms with E-state index in [1.807, 2.05) is 13.0 Å². The van der Waals surface area contributed by atoms with E-state index in [0.29, 0.717) is 25.1 Å². The summed E-state index contributed by atoms with van der Waals surface area (Å²) in [5, 5.41) is 4.14. The number of benzene rings is 1. The van der Waals surface area contributed by atoms with Gasteiger partial charge in [0.2, 0.25) is 5.69 Å². The molecule has 1 atom stereocenters. The van der Waals surface area contributed by atoms with Crippen LogP contribution in [-0.4, -0.2) is 50.8 Å². The maximum atomic E-state index is 13.2. The first-order valence-corrected chi connectivity index (χ1v) is 10.1. The number of esters is 1. The Morgan fingerprint density at radius 2 is 2.00 bits per heavy atom. The minimum absolute atomic E-state index is 0.109. The normalized spacial score (nSPS) is 16.4. The van der Waals surface area contributed by atoms with Crippen molar-refractivity contribution >= 4 is 11.9 Å². The topological polar surface area (TPSA) is 104 Å². The van der Waals surface area contributed by atoms with Crippen LogP contribution in [0.5, 0.6) is 0 Å². The molecule has 160 valence electrons. The molecule has 1 amide bonds. The number of ether oxygens (including phenoxy) is 1. The Labute approximate surface area is 173 Å². The van der Waals surface area contributed by atoms with Crippen LogP contribution < -0.4 is 11.2 Å². The van der Waals surface area contributed by atoms with E-state index >= 15 is 0 Å². The molecular formula is C21H26N4O5. The van der Waals surface area contributed by atoms with Crippen LogP contribution in [0.25, 0.3) is 5.69 Å². The van der Waals surface area contributed by atoms with Gasteiger partial charge in [0, 0.05) is 19.6 Å². The number of aryl methyl sites for hydroxylation is 1. The smallest absolute Gasteiger partial charge is 0.352 e. The lowest BCUT2D eigenvalue weighted by Gasteiger charge is -2.31. The fourth-order valence-corrected chi connectivity index (χ4v) is 3.62. The summed E-state index contributed by atoms with van der Waals surface area (Å²) < 4.78 is 7.15. The van der Waals surface area contributed by atoms with E-state index in [-0.39, 0.29) is 31.4 Å². The quantitative estimate of drug-likeness (QED) is 0.680. The van der Waals surface area contributed by atoms with Gasteiger partial charge in [-0.2, -0.15) is 9.78 Å². The van der Waals surface area contributed by atoms with E-state index in [2.05, 4.69) is 5.10 Å². The summed E-state index contributed by atoms with van der Waals surface area (Å²) in [6.07, 6.45) is 1.24. The van der Waals surface area contributed by atoms with Crippen molar-refractivity contribution in [1.82, 2.24) is 19.2 Å². The number of aromatic nitrogens is 3. The van der Waals surface area contributed by atoms with Crippen LogP contribution in [0, 0.1) is 12.8 Å². The Bertz CT molecular complexity index is 1070. The van der Waals surface area contributed by atoms with Crippen molar-refractivity contribution < 1.29 is 14.3 Å². The van der Waals surface area contributed by atoms with Crippen LogP contribution in [0.1, 0.15) is 42.7 Å². The van der Waals surface area contributed by atoms with Crippen molar-refractivity contribution in [2.75, 3.05) is 19.7 Å². The molecular weight excluding hydrogens is 388 g/mol. The van der Waals surface area contributed by atoms with E-state index < -0.39 is 23.1 Å². The first-order chi connectivity index (χ1) is 14.4. The Balaban J connectivity index is 2.02. The Morgan fingerprint density at radius 1 is 1.23 bits per heavy atom. The number of hydrogen-bond donors (Lipinski definition) is 0. The van der Waals surface area contributed by atoms with E-state index in [1.54, 1.807) is 32.0 Å². The Morgan fingerprint density at radius 3 is 2.67 bits per heavy atom. The summed E-state index contributed by atoms with van der Waals surface area (Å²) in [7, 11) is 0.